The number of hydrogen-bond acceptors (Lipinski definition) is 3. The van der Waals surface area contributed by atoms with Crippen LogP contribution in [0.1, 0.15) is 25.8 Å². The molecule has 2 unspecified atom stereocenters. The molecule has 1 aliphatic rings. The third-order valence-electron chi connectivity index (χ3n) is 5.37. The summed E-state index contributed by atoms with van der Waals surface area (Å²) in [4.78, 5) is 19.0. The van der Waals surface area contributed by atoms with Gasteiger partial charge in [-0.1, -0.05) is 30.3 Å². The number of amides is 1. The SMILES string of the molecule is CCNC(=NCC(C)Oc1ccc(F)cc1)NCC1CC(=O)N(CCc2ccccc2)C1.I. The molecule has 1 saturated heterocycles. The maximum atomic E-state index is 13.0. The number of aliphatic imine (C=N–C) groups is 1. The van der Waals surface area contributed by atoms with E-state index in [0.717, 1.165) is 26.1 Å². The second-order valence-electron chi connectivity index (χ2n) is 8.13. The largest absolute Gasteiger partial charge is 0.489 e. The van der Waals surface area contributed by atoms with E-state index in [-0.39, 0.29) is 47.7 Å². The highest BCUT2D eigenvalue weighted by molar-refractivity contribution is 14.0. The van der Waals surface area contributed by atoms with Gasteiger partial charge in [-0.05, 0) is 50.1 Å². The van der Waals surface area contributed by atoms with E-state index >= 15 is 0 Å². The average Bonchev–Trinajstić information content (AvgIpc) is 3.16. The molecule has 0 bridgehead atoms. The van der Waals surface area contributed by atoms with Crippen LogP contribution < -0.4 is 15.4 Å². The van der Waals surface area contributed by atoms with Gasteiger partial charge in [0, 0.05) is 38.5 Å². The van der Waals surface area contributed by atoms with Gasteiger partial charge in [-0.25, -0.2) is 9.38 Å². The third-order valence-corrected chi connectivity index (χ3v) is 5.37. The standard InChI is InChI=1S/C25H33FN4O2.HI/c1-3-27-25(28-16-19(2)32-23-11-9-22(26)10-12-23)29-17-21-15-24(31)30(18-21)14-13-20-7-5-4-6-8-20;/h4-12,19,21H,3,13-18H2,1-2H3,(H2,27,28,29);1H. The Balaban J connectivity index is 0.00000385. The lowest BCUT2D eigenvalue weighted by molar-refractivity contribution is -0.127. The van der Waals surface area contributed by atoms with Gasteiger partial charge < -0.3 is 20.3 Å². The summed E-state index contributed by atoms with van der Waals surface area (Å²) in [5.41, 5.74) is 1.25. The van der Waals surface area contributed by atoms with Crippen molar-refractivity contribution in [3.63, 3.8) is 0 Å². The fraction of sp³-hybridized carbons (Fsp3) is 0.440. The molecule has 8 heteroatoms. The lowest BCUT2D eigenvalue weighted by Gasteiger charge is -2.18. The molecule has 1 fully saturated rings. The predicted octanol–water partition coefficient (Wildman–Crippen LogP) is 3.86. The molecule has 1 heterocycles. The van der Waals surface area contributed by atoms with Crippen molar-refractivity contribution in [3.8, 4) is 5.75 Å². The minimum Gasteiger partial charge on any atom is -0.489 e. The van der Waals surface area contributed by atoms with Gasteiger partial charge in [-0.3, -0.25) is 4.79 Å². The smallest absolute Gasteiger partial charge is 0.223 e. The highest BCUT2D eigenvalue weighted by atomic mass is 127. The summed E-state index contributed by atoms with van der Waals surface area (Å²) in [6.45, 7) is 7.35. The van der Waals surface area contributed by atoms with Crippen molar-refractivity contribution in [3.05, 3.63) is 66.0 Å². The molecule has 0 saturated carbocycles. The molecule has 6 nitrogen and oxygen atoms in total. The number of ether oxygens (including phenoxy) is 1. The van der Waals surface area contributed by atoms with E-state index in [1.807, 2.05) is 36.9 Å². The van der Waals surface area contributed by atoms with Crippen molar-refractivity contribution >= 4 is 35.8 Å². The van der Waals surface area contributed by atoms with E-state index in [1.54, 1.807) is 12.1 Å². The third kappa shape index (κ3) is 9.19. The fourth-order valence-electron chi connectivity index (χ4n) is 3.70. The molecule has 0 aliphatic carbocycles. The molecule has 180 valence electrons. The number of nitrogens with one attached hydrogen (secondary N) is 2. The summed E-state index contributed by atoms with van der Waals surface area (Å²) in [6.07, 6.45) is 1.28. The number of likely N-dealkylation sites (tertiary alicyclic amines) is 1. The van der Waals surface area contributed by atoms with Crippen molar-refractivity contribution in [2.45, 2.75) is 32.8 Å². The Hall–Kier alpha value is -2.36. The Morgan fingerprint density at radius 2 is 1.91 bits per heavy atom. The number of halogens is 2. The summed E-state index contributed by atoms with van der Waals surface area (Å²) in [5.74, 6) is 1.51. The maximum absolute atomic E-state index is 13.0. The Kier molecular flexibility index (Phi) is 11.4. The molecule has 0 radical (unpaired) electrons. The van der Waals surface area contributed by atoms with Crippen molar-refractivity contribution in [1.82, 2.24) is 15.5 Å². The second kappa shape index (κ2) is 14.0. The Labute approximate surface area is 213 Å². The molecule has 2 atom stereocenters. The zero-order valence-corrected chi connectivity index (χ0v) is 21.6. The molecule has 1 aliphatic heterocycles. The number of guanidine groups is 1. The van der Waals surface area contributed by atoms with Crippen LogP contribution in [0.2, 0.25) is 0 Å². The fourth-order valence-corrected chi connectivity index (χ4v) is 3.70. The monoisotopic (exact) mass is 568 g/mol. The molecule has 3 rings (SSSR count). The molecule has 0 aromatic heterocycles. The predicted molar refractivity (Wildman–Crippen MR) is 141 cm³/mol. The van der Waals surface area contributed by atoms with E-state index < -0.39 is 0 Å². The lowest BCUT2D eigenvalue weighted by Crippen LogP contribution is -2.41. The molecule has 1 amide bonds. The van der Waals surface area contributed by atoms with Crippen LogP contribution in [0.3, 0.4) is 0 Å². The summed E-state index contributed by atoms with van der Waals surface area (Å²) in [6, 6.07) is 16.2. The topological polar surface area (TPSA) is 66.0 Å². The van der Waals surface area contributed by atoms with Crippen LogP contribution in [0.5, 0.6) is 5.75 Å². The molecule has 2 aromatic rings. The van der Waals surface area contributed by atoms with Crippen LogP contribution in [0, 0.1) is 11.7 Å². The van der Waals surface area contributed by atoms with E-state index in [1.165, 1.54) is 17.7 Å². The number of hydrogen-bond donors (Lipinski definition) is 2. The molecular formula is C25H34FIN4O2. The second-order valence-corrected chi connectivity index (χ2v) is 8.13. The number of nitrogens with zero attached hydrogens (tertiary/aromatic N) is 2. The summed E-state index contributed by atoms with van der Waals surface area (Å²) < 4.78 is 18.8. The maximum Gasteiger partial charge on any atom is 0.223 e. The van der Waals surface area contributed by atoms with Gasteiger partial charge >= 0.3 is 0 Å². The first-order chi connectivity index (χ1) is 15.5. The van der Waals surface area contributed by atoms with Gasteiger partial charge in [0.05, 0.1) is 6.54 Å². The summed E-state index contributed by atoms with van der Waals surface area (Å²) >= 11 is 0. The minimum atomic E-state index is -0.286. The Morgan fingerprint density at radius 3 is 2.61 bits per heavy atom. The molecule has 2 N–H and O–H groups in total. The average molecular weight is 568 g/mol. The van der Waals surface area contributed by atoms with E-state index in [2.05, 4.69) is 27.8 Å². The number of benzene rings is 2. The first-order valence-corrected chi connectivity index (χ1v) is 11.3. The van der Waals surface area contributed by atoms with Gasteiger partial charge in [-0.2, -0.15) is 0 Å². The van der Waals surface area contributed by atoms with Gasteiger partial charge in [-0.15, -0.1) is 24.0 Å². The highest BCUT2D eigenvalue weighted by Crippen LogP contribution is 2.18. The van der Waals surface area contributed by atoms with Crippen molar-refractivity contribution in [1.29, 1.82) is 0 Å². The van der Waals surface area contributed by atoms with Crippen molar-refractivity contribution < 1.29 is 13.9 Å². The highest BCUT2D eigenvalue weighted by Gasteiger charge is 2.29. The summed E-state index contributed by atoms with van der Waals surface area (Å²) in [5, 5.41) is 6.60. The van der Waals surface area contributed by atoms with Crippen LogP contribution in [-0.4, -0.2) is 55.6 Å². The first-order valence-electron chi connectivity index (χ1n) is 11.3. The number of rotatable bonds is 10. The van der Waals surface area contributed by atoms with E-state index in [4.69, 9.17) is 4.74 Å². The Bertz CT molecular complexity index is 880. The van der Waals surface area contributed by atoms with E-state index in [9.17, 15) is 9.18 Å². The zero-order valence-electron chi connectivity index (χ0n) is 19.3. The van der Waals surface area contributed by atoms with Gasteiger partial charge in [0.2, 0.25) is 5.91 Å². The first kappa shape index (κ1) is 26.9. The van der Waals surface area contributed by atoms with Gasteiger partial charge in [0.1, 0.15) is 17.7 Å². The van der Waals surface area contributed by atoms with Gasteiger partial charge in [0.25, 0.3) is 0 Å². The normalized spacial score (nSPS) is 16.8. The number of carbonyl (C=O) groups excluding carboxylic acids is 1. The minimum absolute atomic E-state index is 0. The van der Waals surface area contributed by atoms with Crippen LogP contribution in [0.15, 0.2) is 59.6 Å². The summed E-state index contributed by atoms with van der Waals surface area (Å²) in [7, 11) is 0. The zero-order chi connectivity index (χ0) is 22.8. The van der Waals surface area contributed by atoms with Crippen LogP contribution in [0.25, 0.3) is 0 Å². The van der Waals surface area contributed by atoms with Crippen molar-refractivity contribution in [2.75, 3.05) is 32.7 Å². The molecule has 0 spiro atoms. The van der Waals surface area contributed by atoms with Crippen LogP contribution in [-0.2, 0) is 11.2 Å². The Morgan fingerprint density at radius 1 is 1.18 bits per heavy atom. The lowest BCUT2D eigenvalue weighted by atomic mass is 10.1. The molecule has 33 heavy (non-hydrogen) atoms. The molecule has 2 aromatic carbocycles. The number of carbonyl (C=O) groups is 1. The van der Waals surface area contributed by atoms with E-state index in [0.29, 0.717) is 31.2 Å². The van der Waals surface area contributed by atoms with Gasteiger partial charge in [0.15, 0.2) is 5.96 Å². The van der Waals surface area contributed by atoms with Crippen LogP contribution in [0.4, 0.5) is 4.39 Å². The van der Waals surface area contributed by atoms with Crippen LogP contribution >= 0.6 is 24.0 Å². The quantitative estimate of drug-likeness (QED) is 0.260. The molecular weight excluding hydrogens is 534 g/mol. The van der Waals surface area contributed by atoms with Crippen molar-refractivity contribution in [2.24, 2.45) is 10.9 Å².